The van der Waals surface area contributed by atoms with Crippen molar-refractivity contribution in [1.82, 2.24) is 0 Å². The molecule has 0 bridgehead atoms. The van der Waals surface area contributed by atoms with Gasteiger partial charge in [0.05, 0.1) is 22.7 Å². The van der Waals surface area contributed by atoms with Gasteiger partial charge in [-0.25, -0.2) is 0 Å². The first-order valence-electron chi connectivity index (χ1n) is 6.18. The van der Waals surface area contributed by atoms with E-state index in [9.17, 15) is 30.2 Å². The molecule has 22 heavy (non-hydrogen) atoms. The van der Waals surface area contributed by atoms with E-state index in [1.807, 2.05) is 0 Å². The Morgan fingerprint density at radius 3 is 2.64 bits per heavy atom. The third-order valence-corrected chi connectivity index (χ3v) is 3.69. The smallest absolute Gasteiger partial charge is 0.312 e. The summed E-state index contributed by atoms with van der Waals surface area (Å²) in [6.45, 7) is 1.36. The van der Waals surface area contributed by atoms with Crippen molar-refractivity contribution in [3.63, 3.8) is 0 Å². The van der Waals surface area contributed by atoms with Gasteiger partial charge in [0.2, 0.25) is 0 Å². The van der Waals surface area contributed by atoms with E-state index in [2.05, 4.69) is 0 Å². The summed E-state index contributed by atoms with van der Waals surface area (Å²) in [6, 6.07) is 3.64. The summed E-state index contributed by atoms with van der Waals surface area (Å²) in [6.07, 6.45) is -2.92. The van der Waals surface area contributed by atoms with Crippen LogP contribution < -0.4 is 0 Å². The van der Waals surface area contributed by atoms with Gasteiger partial charge in [-0.05, 0) is 12.5 Å². The maximum absolute atomic E-state index is 10.8. The quantitative estimate of drug-likeness (QED) is 0.523. The number of nitriles is 1. The number of nitro groups is 1. The first-order chi connectivity index (χ1) is 10.3. The Bertz CT molecular complexity index is 628. The molecule has 1 aromatic rings. The van der Waals surface area contributed by atoms with Crippen molar-refractivity contribution in [3.05, 3.63) is 33.4 Å². The number of aromatic hydroxyl groups is 1. The van der Waals surface area contributed by atoms with E-state index in [0.717, 1.165) is 23.9 Å². The van der Waals surface area contributed by atoms with Crippen molar-refractivity contribution in [2.75, 3.05) is 5.75 Å². The van der Waals surface area contributed by atoms with Gasteiger partial charge in [0.15, 0.2) is 10.9 Å². The second kappa shape index (κ2) is 7.74. The number of aliphatic hydroxyl groups is 2. The lowest BCUT2D eigenvalue weighted by Crippen LogP contribution is -2.19. The average molecular weight is 326 g/mol. The third kappa shape index (κ3) is 4.42. The fourth-order valence-corrected chi connectivity index (χ4v) is 2.41. The Kier molecular flexibility index (Phi) is 6.30. The van der Waals surface area contributed by atoms with E-state index in [4.69, 9.17) is 5.26 Å². The van der Waals surface area contributed by atoms with Crippen molar-refractivity contribution in [3.8, 4) is 11.8 Å². The molecule has 0 amide bonds. The second-order valence-electron chi connectivity index (χ2n) is 4.44. The number of carbonyl (C=O) groups is 1. The molecule has 0 aliphatic rings. The number of aliphatic hydroxyl groups excluding tert-OH is 2. The molecule has 0 aliphatic carbocycles. The van der Waals surface area contributed by atoms with Gasteiger partial charge in [-0.1, -0.05) is 11.8 Å². The number of phenols is 1. The largest absolute Gasteiger partial charge is 0.502 e. The minimum atomic E-state index is -1.61. The van der Waals surface area contributed by atoms with E-state index < -0.39 is 28.6 Å². The van der Waals surface area contributed by atoms with Crippen molar-refractivity contribution in [2.45, 2.75) is 25.6 Å². The van der Waals surface area contributed by atoms with E-state index in [1.54, 1.807) is 6.07 Å². The van der Waals surface area contributed by atoms with E-state index >= 15 is 0 Å². The van der Waals surface area contributed by atoms with Gasteiger partial charge in [0.25, 0.3) is 0 Å². The fourth-order valence-electron chi connectivity index (χ4n) is 1.76. The van der Waals surface area contributed by atoms with Crippen molar-refractivity contribution in [1.29, 1.82) is 5.26 Å². The number of benzene rings is 1. The molecule has 0 saturated carbocycles. The molecule has 1 aromatic carbocycles. The van der Waals surface area contributed by atoms with Crippen LogP contribution in [0.4, 0.5) is 5.69 Å². The molecule has 0 saturated heterocycles. The standard InChI is InChI=1S/C13H14N2O6S/c1-7(16)22-3-2-11(17)13(19)9-4-8(6-14)5-10(12(9)18)15(20)21/h4-5,11,13,17-19H,2-3H2,1H3. The van der Waals surface area contributed by atoms with Crippen LogP contribution in [0, 0.1) is 21.4 Å². The lowest BCUT2D eigenvalue weighted by atomic mass is 9.98. The Balaban J connectivity index is 3.04. The van der Waals surface area contributed by atoms with Crippen LogP contribution in [0.25, 0.3) is 0 Å². The van der Waals surface area contributed by atoms with Crippen molar-refractivity contribution >= 4 is 22.6 Å². The van der Waals surface area contributed by atoms with Gasteiger partial charge in [0, 0.05) is 24.3 Å². The van der Waals surface area contributed by atoms with Gasteiger partial charge < -0.3 is 15.3 Å². The summed E-state index contributed by atoms with van der Waals surface area (Å²) in [4.78, 5) is 20.7. The minimum Gasteiger partial charge on any atom is -0.502 e. The molecule has 0 spiro atoms. The molecule has 118 valence electrons. The summed E-state index contributed by atoms with van der Waals surface area (Å²) in [5.74, 6) is -0.552. The average Bonchev–Trinajstić information content (AvgIpc) is 2.45. The molecule has 0 heterocycles. The highest BCUT2D eigenvalue weighted by atomic mass is 32.2. The van der Waals surface area contributed by atoms with E-state index in [-0.39, 0.29) is 28.4 Å². The highest BCUT2D eigenvalue weighted by Gasteiger charge is 2.27. The molecular weight excluding hydrogens is 312 g/mol. The number of nitro benzene ring substituents is 1. The van der Waals surface area contributed by atoms with Crippen molar-refractivity contribution < 1.29 is 25.0 Å². The molecule has 8 nitrogen and oxygen atoms in total. The van der Waals surface area contributed by atoms with Crippen LogP contribution in [0.2, 0.25) is 0 Å². The summed E-state index contributed by atoms with van der Waals surface area (Å²) in [7, 11) is 0. The topological polar surface area (TPSA) is 145 Å². The van der Waals surface area contributed by atoms with Crippen LogP contribution in [-0.4, -0.2) is 37.2 Å². The van der Waals surface area contributed by atoms with E-state index in [1.165, 1.54) is 6.92 Å². The van der Waals surface area contributed by atoms with Crippen LogP contribution >= 0.6 is 11.8 Å². The van der Waals surface area contributed by atoms with Crippen molar-refractivity contribution in [2.24, 2.45) is 0 Å². The molecule has 0 fully saturated rings. The number of thioether (sulfide) groups is 1. The second-order valence-corrected chi connectivity index (χ2v) is 5.71. The highest BCUT2D eigenvalue weighted by molar-refractivity contribution is 8.13. The molecule has 0 radical (unpaired) electrons. The minimum absolute atomic E-state index is 0.0371. The van der Waals surface area contributed by atoms with Gasteiger partial charge in [-0.3, -0.25) is 14.9 Å². The highest BCUT2D eigenvalue weighted by Crippen LogP contribution is 2.36. The van der Waals surface area contributed by atoms with Gasteiger partial charge in [-0.15, -0.1) is 0 Å². The zero-order valence-corrected chi connectivity index (χ0v) is 12.4. The van der Waals surface area contributed by atoms with Gasteiger partial charge >= 0.3 is 5.69 Å². The predicted octanol–water partition coefficient (Wildman–Crippen LogP) is 1.24. The Morgan fingerprint density at radius 1 is 1.50 bits per heavy atom. The molecule has 0 aromatic heterocycles. The molecule has 2 atom stereocenters. The van der Waals surface area contributed by atoms with Crippen LogP contribution in [-0.2, 0) is 4.79 Å². The summed E-state index contributed by atoms with van der Waals surface area (Å²) in [5.41, 5.74) is -1.15. The van der Waals surface area contributed by atoms with Crippen LogP contribution in [0.3, 0.4) is 0 Å². The Hall–Kier alpha value is -2.15. The normalized spacial score (nSPS) is 13.2. The van der Waals surface area contributed by atoms with Crippen LogP contribution in [0.1, 0.15) is 30.6 Å². The number of nitrogens with zero attached hydrogens (tertiary/aromatic N) is 2. The molecule has 9 heteroatoms. The van der Waals surface area contributed by atoms with Gasteiger partial charge in [-0.2, -0.15) is 5.26 Å². The summed E-state index contributed by atoms with van der Waals surface area (Å²) < 4.78 is 0. The number of hydrogen-bond acceptors (Lipinski definition) is 8. The zero-order valence-electron chi connectivity index (χ0n) is 11.6. The molecule has 1 rings (SSSR count). The molecular formula is C13H14N2O6S. The maximum atomic E-state index is 10.8. The summed E-state index contributed by atoms with van der Waals surface area (Å²) in [5, 5.41) is 49.2. The number of rotatable bonds is 6. The summed E-state index contributed by atoms with van der Waals surface area (Å²) >= 11 is 0.959. The van der Waals surface area contributed by atoms with Gasteiger partial charge in [0.1, 0.15) is 6.10 Å². The lowest BCUT2D eigenvalue weighted by molar-refractivity contribution is -0.386. The van der Waals surface area contributed by atoms with Crippen LogP contribution in [0.5, 0.6) is 5.75 Å². The maximum Gasteiger partial charge on any atom is 0.312 e. The monoisotopic (exact) mass is 326 g/mol. The molecule has 3 N–H and O–H groups in total. The fraction of sp³-hybridized carbons (Fsp3) is 0.385. The lowest BCUT2D eigenvalue weighted by Gasteiger charge is -2.18. The first kappa shape index (κ1) is 17.9. The zero-order chi connectivity index (χ0) is 16.9. The number of phenolic OH excluding ortho intramolecular Hbond substituents is 1. The van der Waals surface area contributed by atoms with Crippen LogP contribution in [0.15, 0.2) is 12.1 Å². The SMILES string of the molecule is CC(=O)SCCC(O)C(O)c1cc(C#N)cc([N+](=O)[O-])c1O. The Labute approximate surface area is 130 Å². The third-order valence-electron chi connectivity index (χ3n) is 2.85. The first-order valence-corrected chi connectivity index (χ1v) is 7.17. The number of carbonyl (C=O) groups excluding carboxylic acids is 1. The van der Waals surface area contributed by atoms with E-state index in [0.29, 0.717) is 0 Å². The molecule has 0 aliphatic heterocycles. The number of hydrogen-bond donors (Lipinski definition) is 3. The predicted molar refractivity (Wildman–Crippen MR) is 78.2 cm³/mol. The molecule has 2 unspecified atom stereocenters. The Morgan fingerprint density at radius 2 is 2.14 bits per heavy atom.